The first-order valence-corrected chi connectivity index (χ1v) is 19.2. The highest BCUT2D eigenvalue weighted by molar-refractivity contribution is 7.90. The summed E-state index contributed by atoms with van der Waals surface area (Å²) < 4.78 is 83.6. The third-order valence-corrected chi connectivity index (χ3v) is 11.8. The van der Waals surface area contributed by atoms with Crippen LogP contribution >= 0.6 is 0 Å². The number of nitrogens with zero attached hydrogens (tertiary/aromatic N) is 5. The second-order valence-corrected chi connectivity index (χ2v) is 15.8. The van der Waals surface area contributed by atoms with Gasteiger partial charge in [-0.05, 0) is 81.2 Å². The number of hydrogen-bond acceptors (Lipinski definition) is 10. The summed E-state index contributed by atoms with van der Waals surface area (Å²) in [5, 5.41) is 3.87. The number of alkyl halides is 3. The van der Waals surface area contributed by atoms with Crippen molar-refractivity contribution in [1.82, 2.24) is 24.8 Å². The number of amides is 3. The maximum atomic E-state index is 14.3. The Bertz CT molecular complexity index is 1880. The van der Waals surface area contributed by atoms with Crippen molar-refractivity contribution in [2.24, 2.45) is 5.92 Å². The van der Waals surface area contributed by atoms with Gasteiger partial charge in [-0.1, -0.05) is 23.7 Å². The molecule has 4 aliphatic rings. The number of carbonyl (C=O) groups excluding carboxylic acids is 2. The Balaban J connectivity index is 1.11. The van der Waals surface area contributed by atoms with Crippen molar-refractivity contribution >= 4 is 21.8 Å². The van der Waals surface area contributed by atoms with Gasteiger partial charge in [0.15, 0.2) is 9.84 Å². The quantitative estimate of drug-likeness (QED) is 0.231. The Morgan fingerprint density at radius 3 is 2.39 bits per heavy atom. The molecular formula is C35H40F3N5O7S. The van der Waals surface area contributed by atoms with Crippen molar-refractivity contribution in [2.75, 3.05) is 39.1 Å². The van der Waals surface area contributed by atoms with E-state index >= 15 is 0 Å². The number of halogens is 3. The molecule has 0 unspecified atom stereocenters. The molecule has 1 saturated carbocycles. The Morgan fingerprint density at radius 2 is 1.73 bits per heavy atom. The molecule has 3 aliphatic heterocycles. The highest BCUT2D eigenvalue weighted by atomic mass is 32.2. The first-order valence-electron chi connectivity index (χ1n) is 17.3. The van der Waals surface area contributed by atoms with Crippen LogP contribution in [-0.4, -0.2) is 95.9 Å². The van der Waals surface area contributed by atoms with Gasteiger partial charge < -0.3 is 23.8 Å². The third-order valence-electron chi connectivity index (χ3n) is 10.7. The zero-order chi connectivity index (χ0) is 36.0. The summed E-state index contributed by atoms with van der Waals surface area (Å²) in [4.78, 5) is 37.5. The van der Waals surface area contributed by atoms with Gasteiger partial charge in [-0.15, -0.1) is 0 Å². The van der Waals surface area contributed by atoms with E-state index in [4.69, 9.17) is 14.0 Å². The largest absolute Gasteiger partial charge is 0.455 e. The SMILES string of the molecule is CS(=O)(=O)c1ccccc1Oc1ccc(-c2noc(CN3C(=O)N(CCC4CCOCC4)C4(CCN(C5CCC5)CC4)C3=O)n2)cc1C(F)(F)F. The lowest BCUT2D eigenvalue weighted by Crippen LogP contribution is -2.58. The molecule has 4 heterocycles. The molecule has 0 bridgehead atoms. The van der Waals surface area contributed by atoms with Gasteiger partial charge in [0.1, 0.15) is 28.5 Å². The molecule has 51 heavy (non-hydrogen) atoms. The van der Waals surface area contributed by atoms with Crippen molar-refractivity contribution in [3.8, 4) is 22.9 Å². The van der Waals surface area contributed by atoms with E-state index in [1.54, 1.807) is 4.90 Å². The molecule has 16 heteroatoms. The zero-order valence-electron chi connectivity index (χ0n) is 28.2. The minimum Gasteiger partial charge on any atom is -0.455 e. The monoisotopic (exact) mass is 731 g/mol. The maximum absolute atomic E-state index is 14.3. The van der Waals surface area contributed by atoms with E-state index in [0.717, 1.165) is 68.5 Å². The second kappa shape index (κ2) is 13.8. The normalized spacial score (nSPS) is 20.7. The average molecular weight is 732 g/mol. The number of carbonyl (C=O) groups is 2. The van der Waals surface area contributed by atoms with Crippen LogP contribution in [0.25, 0.3) is 11.4 Å². The van der Waals surface area contributed by atoms with E-state index in [1.165, 1.54) is 36.8 Å². The van der Waals surface area contributed by atoms with Crippen molar-refractivity contribution in [3.63, 3.8) is 0 Å². The topological polar surface area (TPSA) is 135 Å². The number of likely N-dealkylation sites (tertiary alicyclic amines) is 1. The van der Waals surface area contributed by atoms with E-state index in [9.17, 15) is 31.2 Å². The van der Waals surface area contributed by atoms with Gasteiger partial charge in [0.2, 0.25) is 11.7 Å². The van der Waals surface area contributed by atoms with Crippen LogP contribution < -0.4 is 4.74 Å². The summed E-state index contributed by atoms with van der Waals surface area (Å²) in [6, 6.07) is 8.63. The second-order valence-electron chi connectivity index (χ2n) is 13.9. The van der Waals surface area contributed by atoms with Gasteiger partial charge in [-0.2, -0.15) is 18.2 Å². The predicted octanol–water partition coefficient (Wildman–Crippen LogP) is 5.92. The standard InChI is InChI=1S/C35H40F3N5O7S/c1-51(46,47)29-8-3-2-7-28(29)49-27-10-9-24(21-26(27)35(36,37)38)31-39-30(50-40-31)22-42-32(44)34(14-17-41(18-15-34)25-5-4-6-25)43(33(42)45)16-11-23-12-19-48-20-13-23/h2-3,7-10,21,23,25H,4-6,11-20,22H2,1H3. The minimum atomic E-state index is -4.89. The molecule has 3 saturated heterocycles. The van der Waals surface area contributed by atoms with Crippen LogP contribution in [0.5, 0.6) is 11.5 Å². The lowest BCUT2D eigenvalue weighted by atomic mass is 9.82. The van der Waals surface area contributed by atoms with Gasteiger partial charge in [-0.3, -0.25) is 9.69 Å². The summed E-state index contributed by atoms with van der Waals surface area (Å²) in [5.74, 6) is -1.08. The fourth-order valence-corrected chi connectivity index (χ4v) is 8.38. The van der Waals surface area contributed by atoms with Crippen molar-refractivity contribution < 1.29 is 45.2 Å². The van der Waals surface area contributed by atoms with Gasteiger partial charge in [0, 0.05) is 50.7 Å². The number of aromatic nitrogens is 2. The predicted molar refractivity (Wildman–Crippen MR) is 176 cm³/mol. The number of sulfone groups is 1. The van der Waals surface area contributed by atoms with Gasteiger partial charge in [-0.25, -0.2) is 13.2 Å². The first kappa shape index (κ1) is 35.4. The molecule has 274 valence electrons. The van der Waals surface area contributed by atoms with Crippen molar-refractivity contribution in [3.05, 3.63) is 53.9 Å². The average Bonchev–Trinajstić information content (AvgIpc) is 3.61. The van der Waals surface area contributed by atoms with Gasteiger partial charge >= 0.3 is 12.2 Å². The van der Waals surface area contributed by atoms with Crippen LogP contribution in [-0.2, 0) is 32.1 Å². The fourth-order valence-electron chi connectivity index (χ4n) is 7.58. The molecule has 0 atom stereocenters. The molecule has 12 nitrogen and oxygen atoms in total. The molecule has 7 rings (SSSR count). The molecule has 0 radical (unpaired) electrons. The molecule has 1 aromatic heterocycles. The highest BCUT2D eigenvalue weighted by Crippen LogP contribution is 2.43. The number of rotatable bonds is 10. The Morgan fingerprint density at radius 1 is 1.00 bits per heavy atom. The number of ether oxygens (including phenoxy) is 2. The molecule has 3 amide bonds. The van der Waals surface area contributed by atoms with E-state index in [2.05, 4.69) is 15.0 Å². The molecule has 0 N–H and O–H groups in total. The molecule has 1 aliphatic carbocycles. The number of urea groups is 1. The molecule has 1 spiro atoms. The van der Waals surface area contributed by atoms with Crippen LogP contribution in [0.1, 0.15) is 62.8 Å². The maximum Gasteiger partial charge on any atom is 0.420 e. The minimum absolute atomic E-state index is 0.0573. The van der Waals surface area contributed by atoms with Crippen molar-refractivity contribution in [2.45, 2.75) is 80.6 Å². The molecule has 4 fully saturated rings. The van der Waals surface area contributed by atoms with Crippen molar-refractivity contribution in [1.29, 1.82) is 0 Å². The van der Waals surface area contributed by atoms with Crippen LogP contribution in [0.15, 0.2) is 51.9 Å². The van der Waals surface area contributed by atoms with Crippen LogP contribution in [0.3, 0.4) is 0 Å². The Hall–Kier alpha value is -4.02. The Labute approximate surface area is 293 Å². The lowest BCUT2D eigenvalue weighted by Gasteiger charge is -2.47. The number of imide groups is 1. The highest BCUT2D eigenvalue weighted by Gasteiger charge is 2.58. The van der Waals surface area contributed by atoms with Gasteiger partial charge in [0.25, 0.3) is 5.91 Å². The van der Waals surface area contributed by atoms with E-state index < -0.39 is 38.9 Å². The van der Waals surface area contributed by atoms with Crippen LogP contribution in [0, 0.1) is 5.92 Å². The number of hydrogen-bond donors (Lipinski definition) is 0. The van der Waals surface area contributed by atoms with E-state index in [0.29, 0.717) is 44.6 Å². The van der Waals surface area contributed by atoms with Crippen LogP contribution in [0.4, 0.5) is 18.0 Å². The zero-order valence-corrected chi connectivity index (χ0v) is 29.0. The summed E-state index contributed by atoms with van der Waals surface area (Å²) in [6.45, 7) is 2.92. The summed E-state index contributed by atoms with van der Waals surface area (Å²) in [5.41, 5.74) is -2.22. The lowest BCUT2D eigenvalue weighted by molar-refractivity contribution is -0.138. The van der Waals surface area contributed by atoms with E-state index in [-0.39, 0.29) is 40.4 Å². The first-order chi connectivity index (χ1) is 24.3. The summed E-state index contributed by atoms with van der Waals surface area (Å²) in [7, 11) is -3.79. The third kappa shape index (κ3) is 7.09. The smallest absolute Gasteiger partial charge is 0.420 e. The van der Waals surface area contributed by atoms with E-state index in [1.807, 2.05) is 0 Å². The fraction of sp³-hybridized carbons (Fsp3) is 0.543. The van der Waals surface area contributed by atoms with Crippen LogP contribution in [0.2, 0.25) is 0 Å². The van der Waals surface area contributed by atoms with Gasteiger partial charge in [0.05, 0.1) is 5.56 Å². The number of benzene rings is 2. The Kier molecular flexibility index (Phi) is 9.60. The number of para-hydroxylation sites is 1. The summed E-state index contributed by atoms with van der Waals surface area (Å²) >= 11 is 0. The number of piperidine rings is 1. The summed E-state index contributed by atoms with van der Waals surface area (Å²) in [6.07, 6.45) is 3.17. The molecule has 2 aromatic carbocycles. The molecule has 3 aromatic rings. The molecular weight excluding hydrogens is 691 g/mol.